The van der Waals surface area contributed by atoms with Crippen molar-refractivity contribution >= 4 is 33.8 Å². The maximum Gasteiger partial charge on any atom is 0.174 e. The first-order valence-electron chi connectivity index (χ1n) is 10.2. The number of alkyl halides is 1. The number of quaternary nitrogens is 1. The van der Waals surface area contributed by atoms with Gasteiger partial charge in [-0.25, -0.2) is 4.98 Å². The van der Waals surface area contributed by atoms with E-state index in [2.05, 4.69) is 93.8 Å². The van der Waals surface area contributed by atoms with Gasteiger partial charge in [-0.3, -0.25) is 0 Å². The van der Waals surface area contributed by atoms with Crippen LogP contribution in [0.5, 0.6) is 0 Å². The van der Waals surface area contributed by atoms with E-state index in [0.29, 0.717) is 0 Å². The molecule has 4 nitrogen and oxygen atoms in total. The molecule has 4 aromatic rings. The van der Waals surface area contributed by atoms with Gasteiger partial charge in [-0.05, 0) is 41.4 Å². The quantitative estimate of drug-likeness (QED) is 0.401. The molecule has 0 saturated heterocycles. The third kappa shape index (κ3) is 5.10. The lowest BCUT2D eigenvalue weighted by molar-refractivity contribution is -0.899. The molecule has 1 atom stereocenters. The third-order valence-corrected chi connectivity index (χ3v) is 6.10. The highest BCUT2D eigenvalue weighted by molar-refractivity contribution is 7.08. The largest absolute Gasteiger partial charge is 0.391 e. The van der Waals surface area contributed by atoms with Gasteiger partial charge in [0.15, 0.2) is 12.4 Å². The number of H-pyrrole nitrogens is 1. The number of fused-ring (bicyclic) bond motifs is 1. The zero-order valence-corrected chi connectivity index (χ0v) is 19.1. The van der Waals surface area contributed by atoms with Crippen molar-refractivity contribution in [3.8, 4) is 22.3 Å². The lowest BCUT2D eigenvalue weighted by Crippen LogP contribution is -3.12. The zero-order chi connectivity index (χ0) is 21.3. The molecule has 3 aromatic heterocycles. The van der Waals surface area contributed by atoms with Crippen molar-refractivity contribution in [1.29, 1.82) is 0 Å². The molecule has 0 amide bonds. The van der Waals surface area contributed by atoms with Gasteiger partial charge in [0.05, 0.1) is 26.2 Å². The first-order chi connectivity index (χ1) is 14.8. The van der Waals surface area contributed by atoms with Crippen LogP contribution in [0.15, 0.2) is 65.7 Å². The Morgan fingerprint density at radius 3 is 2.60 bits per heavy atom. The van der Waals surface area contributed by atoms with Crippen LogP contribution in [0.3, 0.4) is 0 Å². The molecule has 0 saturated carbocycles. The SMILES string of the molecule is CC[NH+](CCO)CCn1cc(-c2c[nH+]cc(-c3ccsc3)c2)c2ccccc21.CCl. The average molecular weight is 444 g/mol. The number of nitrogens with one attached hydrogen (secondary N) is 2. The molecule has 4 rings (SSSR count). The predicted molar refractivity (Wildman–Crippen MR) is 127 cm³/mol. The topological polar surface area (TPSA) is 43.7 Å². The summed E-state index contributed by atoms with van der Waals surface area (Å²) >= 11 is 6.36. The molecular formula is C24H30ClN3OS+2. The zero-order valence-electron chi connectivity index (χ0n) is 17.6. The summed E-state index contributed by atoms with van der Waals surface area (Å²) in [5, 5.41) is 14.8. The fourth-order valence-corrected chi connectivity index (χ4v) is 4.47. The first-order valence-corrected chi connectivity index (χ1v) is 11.9. The van der Waals surface area contributed by atoms with Crippen molar-refractivity contribution in [3.63, 3.8) is 0 Å². The van der Waals surface area contributed by atoms with Crippen molar-refractivity contribution in [2.45, 2.75) is 13.5 Å². The molecule has 0 aliphatic rings. The average Bonchev–Trinajstić information content (AvgIpc) is 3.47. The van der Waals surface area contributed by atoms with Crippen molar-refractivity contribution < 1.29 is 15.0 Å². The Bertz CT molecular complexity index is 1050. The molecule has 1 unspecified atom stereocenters. The monoisotopic (exact) mass is 443 g/mol. The summed E-state index contributed by atoms with van der Waals surface area (Å²) in [6.07, 6.45) is 7.89. The Labute approximate surface area is 187 Å². The summed E-state index contributed by atoms with van der Waals surface area (Å²) in [4.78, 5) is 4.76. The number of aromatic amines is 1. The second-order valence-corrected chi connectivity index (χ2v) is 7.88. The summed E-state index contributed by atoms with van der Waals surface area (Å²) in [5.41, 5.74) is 6.17. The number of likely N-dealkylation sites (N-methyl/N-ethyl adjacent to an activating group) is 1. The minimum absolute atomic E-state index is 0.242. The molecule has 0 aliphatic heterocycles. The number of aliphatic hydroxyl groups excluding tert-OH is 1. The van der Waals surface area contributed by atoms with Gasteiger partial charge in [-0.1, -0.05) is 18.2 Å². The molecule has 6 heteroatoms. The van der Waals surface area contributed by atoms with E-state index in [9.17, 15) is 5.11 Å². The van der Waals surface area contributed by atoms with Crippen LogP contribution in [0.25, 0.3) is 33.2 Å². The maximum atomic E-state index is 9.26. The summed E-state index contributed by atoms with van der Waals surface area (Å²) in [6.45, 7) is 6.21. The Kier molecular flexibility index (Phi) is 8.46. The van der Waals surface area contributed by atoms with Crippen LogP contribution in [0.1, 0.15) is 6.92 Å². The van der Waals surface area contributed by atoms with Crippen LogP contribution < -0.4 is 9.88 Å². The van der Waals surface area contributed by atoms with Crippen LogP contribution in [-0.4, -0.2) is 42.3 Å². The first kappa shape index (κ1) is 22.5. The van der Waals surface area contributed by atoms with Gasteiger partial charge in [0, 0.05) is 40.2 Å². The third-order valence-electron chi connectivity index (χ3n) is 5.41. The normalized spacial score (nSPS) is 11.9. The Morgan fingerprint density at radius 2 is 1.87 bits per heavy atom. The molecule has 0 spiro atoms. The number of aliphatic hydroxyl groups is 1. The number of rotatable bonds is 8. The fraction of sp³-hybridized carbons (Fsp3) is 0.292. The molecule has 1 aromatic carbocycles. The number of benzene rings is 1. The van der Waals surface area contributed by atoms with E-state index in [1.807, 2.05) is 0 Å². The summed E-state index contributed by atoms with van der Waals surface area (Å²) < 4.78 is 2.36. The van der Waals surface area contributed by atoms with Crippen molar-refractivity contribution in [2.24, 2.45) is 0 Å². The molecule has 3 N–H and O–H groups in total. The lowest BCUT2D eigenvalue weighted by Gasteiger charge is -2.17. The van der Waals surface area contributed by atoms with Crippen LogP contribution in [-0.2, 0) is 6.54 Å². The minimum atomic E-state index is 0.242. The van der Waals surface area contributed by atoms with E-state index in [-0.39, 0.29) is 6.61 Å². The molecular weight excluding hydrogens is 414 g/mol. The van der Waals surface area contributed by atoms with E-state index >= 15 is 0 Å². The molecule has 0 aliphatic carbocycles. The number of hydrogen-bond donors (Lipinski definition) is 2. The molecule has 0 bridgehead atoms. The van der Waals surface area contributed by atoms with E-state index in [4.69, 9.17) is 0 Å². The smallest absolute Gasteiger partial charge is 0.174 e. The van der Waals surface area contributed by atoms with Crippen LogP contribution in [0.2, 0.25) is 0 Å². The highest BCUT2D eigenvalue weighted by atomic mass is 35.5. The van der Waals surface area contributed by atoms with Crippen molar-refractivity contribution in [1.82, 2.24) is 4.57 Å². The number of thiophene rings is 1. The molecule has 0 radical (unpaired) electrons. The Hall–Kier alpha value is -2.18. The van der Waals surface area contributed by atoms with Crippen molar-refractivity contribution in [3.05, 3.63) is 65.7 Å². The van der Waals surface area contributed by atoms with Crippen LogP contribution in [0, 0.1) is 0 Å². The van der Waals surface area contributed by atoms with Crippen LogP contribution >= 0.6 is 22.9 Å². The maximum absolute atomic E-state index is 9.26. The van der Waals surface area contributed by atoms with E-state index in [1.54, 1.807) is 11.3 Å². The Morgan fingerprint density at radius 1 is 1.07 bits per heavy atom. The van der Waals surface area contributed by atoms with E-state index in [1.165, 1.54) is 44.4 Å². The second-order valence-electron chi connectivity index (χ2n) is 7.10. The van der Waals surface area contributed by atoms with Gasteiger partial charge in [0.2, 0.25) is 0 Å². The number of para-hydroxylation sites is 1. The number of nitrogens with zero attached hydrogens (tertiary/aromatic N) is 1. The molecule has 0 fully saturated rings. The van der Waals surface area contributed by atoms with Crippen molar-refractivity contribution in [2.75, 3.05) is 32.6 Å². The van der Waals surface area contributed by atoms with Crippen LogP contribution in [0.4, 0.5) is 0 Å². The standard InChI is InChI=1S/C23H25N3OS.CH3Cl/c1-2-25(10-11-27)8-9-26-16-22(21-5-3-4-6-23(21)26)20-13-19(14-24-15-20)18-7-12-28-17-18;1-2/h3-7,12-17,27H,2,8-11H2,1H3;1H3/p+2. The minimum Gasteiger partial charge on any atom is -0.391 e. The fourth-order valence-electron chi connectivity index (χ4n) is 3.80. The highest BCUT2D eigenvalue weighted by Gasteiger charge is 2.14. The number of pyridine rings is 1. The van der Waals surface area contributed by atoms with Gasteiger partial charge >= 0.3 is 0 Å². The highest BCUT2D eigenvalue weighted by Crippen LogP contribution is 2.32. The van der Waals surface area contributed by atoms with E-state index < -0.39 is 0 Å². The van der Waals surface area contributed by atoms with Gasteiger partial charge < -0.3 is 14.6 Å². The Balaban J connectivity index is 0.00000124. The lowest BCUT2D eigenvalue weighted by atomic mass is 10.0. The number of hydrogen-bond acceptors (Lipinski definition) is 2. The van der Waals surface area contributed by atoms with Gasteiger partial charge in [0.1, 0.15) is 6.54 Å². The molecule has 30 heavy (non-hydrogen) atoms. The number of aromatic nitrogens is 2. The van der Waals surface area contributed by atoms with Gasteiger partial charge in [-0.2, -0.15) is 11.3 Å². The second kappa shape index (κ2) is 11.3. The molecule has 3 heterocycles. The van der Waals surface area contributed by atoms with E-state index in [0.717, 1.165) is 26.2 Å². The molecule has 158 valence electrons. The van der Waals surface area contributed by atoms with Gasteiger partial charge in [-0.15, -0.1) is 11.6 Å². The summed E-state index contributed by atoms with van der Waals surface area (Å²) in [6, 6.07) is 13.0. The number of halogens is 1. The summed E-state index contributed by atoms with van der Waals surface area (Å²) in [7, 11) is 0. The van der Waals surface area contributed by atoms with Gasteiger partial charge in [0.25, 0.3) is 0 Å². The predicted octanol–water partition coefficient (Wildman–Crippen LogP) is 3.60. The summed E-state index contributed by atoms with van der Waals surface area (Å²) in [5.74, 6) is 0.